The van der Waals surface area contributed by atoms with Crippen molar-refractivity contribution in [2.24, 2.45) is 5.92 Å². The van der Waals surface area contributed by atoms with Gasteiger partial charge in [0.15, 0.2) is 0 Å². The Morgan fingerprint density at radius 1 is 1.39 bits per heavy atom. The summed E-state index contributed by atoms with van der Waals surface area (Å²) in [6.45, 7) is 2.87. The highest BCUT2D eigenvalue weighted by atomic mass is 16.6. The maximum atomic E-state index is 10.5. The zero-order valence-corrected chi connectivity index (χ0v) is 10.3. The van der Waals surface area contributed by atoms with Crippen molar-refractivity contribution in [3.05, 3.63) is 34.4 Å². The van der Waals surface area contributed by atoms with E-state index in [0.29, 0.717) is 18.3 Å². The highest BCUT2D eigenvalue weighted by molar-refractivity contribution is 5.35. The molecule has 1 fully saturated rings. The summed E-state index contributed by atoms with van der Waals surface area (Å²) in [7, 11) is 0. The van der Waals surface area contributed by atoms with Crippen LogP contribution in [0.1, 0.15) is 19.3 Å². The lowest BCUT2D eigenvalue weighted by Gasteiger charge is -2.22. The highest BCUT2D eigenvalue weighted by Crippen LogP contribution is 2.19. The van der Waals surface area contributed by atoms with Gasteiger partial charge in [-0.15, -0.1) is 0 Å². The molecule has 1 aliphatic rings. The van der Waals surface area contributed by atoms with Crippen LogP contribution in [0, 0.1) is 16.0 Å². The van der Waals surface area contributed by atoms with Gasteiger partial charge in [0, 0.05) is 12.1 Å². The summed E-state index contributed by atoms with van der Waals surface area (Å²) in [6, 6.07) is 6.24. The molecule has 1 aromatic rings. The summed E-state index contributed by atoms with van der Waals surface area (Å²) >= 11 is 0. The Bertz CT molecular complexity index is 386. The maximum absolute atomic E-state index is 10.5. The van der Waals surface area contributed by atoms with Crippen molar-refractivity contribution in [3.63, 3.8) is 0 Å². The van der Waals surface area contributed by atoms with Crippen LogP contribution in [0.4, 0.5) is 5.69 Å². The second-order valence-corrected chi connectivity index (χ2v) is 4.60. The van der Waals surface area contributed by atoms with E-state index in [-0.39, 0.29) is 5.69 Å². The van der Waals surface area contributed by atoms with Gasteiger partial charge < -0.3 is 10.1 Å². The average Bonchev–Trinajstić information content (AvgIpc) is 2.40. The molecule has 0 aliphatic carbocycles. The molecule has 5 nitrogen and oxygen atoms in total. The lowest BCUT2D eigenvalue weighted by molar-refractivity contribution is -0.384. The molecule has 1 aliphatic heterocycles. The van der Waals surface area contributed by atoms with E-state index < -0.39 is 4.92 Å². The Morgan fingerprint density at radius 3 is 2.78 bits per heavy atom. The fourth-order valence-electron chi connectivity index (χ4n) is 2.18. The summed E-state index contributed by atoms with van der Waals surface area (Å²) in [5.41, 5.74) is 0.0961. The lowest BCUT2D eigenvalue weighted by Crippen LogP contribution is -2.30. The molecule has 98 valence electrons. The number of nitro groups is 1. The first-order chi connectivity index (χ1) is 8.75. The minimum absolute atomic E-state index is 0.0961. The fraction of sp³-hybridized carbons (Fsp3) is 0.538. The van der Waals surface area contributed by atoms with E-state index in [0.717, 1.165) is 19.5 Å². The smallest absolute Gasteiger partial charge is 0.269 e. The molecular weight excluding hydrogens is 232 g/mol. The molecule has 2 rings (SSSR count). The van der Waals surface area contributed by atoms with Crippen LogP contribution in [0.15, 0.2) is 24.3 Å². The van der Waals surface area contributed by atoms with E-state index in [2.05, 4.69) is 5.32 Å². The lowest BCUT2D eigenvalue weighted by atomic mass is 9.97. The third-order valence-corrected chi connectivity index (χ3v) is 3.24. The largest absolute Gasteiger partial charge is 0.494 e. The van der Waals surface area contributed by atoms with Gasteiger partial charge in [-0.25, -0.2) is 0 Å². The van der Waals surface area contributed by atoms with E-state index in [1.165, 1.54) is 25.0 Å². The number of benzene rings is 1. The zero-order chi connectivity index (χ0) is 12.8. The van der Waals surface area contributed by atoms with Gasteiger partial charge in [-0.2, -0.15) is 0 Å². The molecule has 0 saturated carbocycles. The molecule has 0 aromatic heterocycles. The Morgan fingerprint density at radius 2 is 2.17 bits per heavy atom. The van der Waals surface area contributed by atoms with E-state index in [1.54, 1.807) is 12.1 Å². The average molecular weight is 250 g/mol. The van der Waals surface area contributed by atoms with Gasteiger partial charge in [-0.05, 0) is 50.4 Å². The standard InChI is InChI=1S/C13H18N2O3/c16-15(17)12-3-5-13(6-4-12)18-9-7-11-2-1-8-14-10-11/h3-6,11,14H,1-2,7-10H2/t11-/m1/s1. The van der Waals surface area contributed by atoms with Crippen LogP contribution in [0.25, 0.3) is 0 Å². The van der Waals surface area contributed by atoms with E-state index in [9.17, 15) is 10.1 Å². The molecule has 1 atom stereocenters. The quantitative estimate of drug-likeness (QED) is 0.643. The van der Waals surface area contributed by atoms with Crippen molar-refractivity contribution < 1.29 is 9.66 Å². The van der Waals surface area contributed by atoms with Crippen molar-refractivity contribution in [3.8, 4) is 5.75 Å². The van der Waals surface area contributed by atoms with Crippen LogP contribution < -0.4 is 10.1 Å². The number of hydrogen-bond donors (Lipinski definition) is 1. The van der Waals surface area contributed by atoms with E-state index in [4.69, 9.17) is 4.74 Å². The number of nitrogens with one attached hydrogen (secondary N) is 1. The van der Waals surface area contributed by atoms with Gasteiger partial charge in [0.05, 0.1) is 11.5 Å². The zero-order valence-electron chi connectivity index (χ0n) is 10.3. The van der Waals surface area contributed by atoms with Crippen molar-refractivity contribution in [2.75, 3.05) is 19.7 Å². The van der Waals surface area contributed by atoms with E-state index in [1.807, 2.05) is 0 Å². The van der Waals surface area contributed by atoms with Crippen LogP contribution in [-0.2, 0) is 0 Å². The summed E-state index contributed by atoms with van der Waals surface area (Å²) in [5.74, 6) is 1.39. The topological polar surface area (TPSA) is 64.4 Å². The summed E-state index contributed by atoms with van der Waals surface area (Å²) in [5, 5.41) is 13.9. The first kappa shape index (κ1) is 12.8. The molecule has 18 heavy (non-hydrogen) atoms. The van der Waals surface area contributed by atoms with Crippen LogP contribution in [0.2, 0.25) is 0 Å². The predicted octanol–water partition coefficient (Wildman–Crippen LogP) is 2.36. The van der Waals surface area contributed by atoms with Crippen LogP contribution in [0.3, 0.4) is 0 Å². The van der Waals surface area contributed by atoms with Crippen molar-refractivity contribution in [2.45, 2.75) is 19.3 Å². The van der Waals surface area contributed by atoms with Gasteiger partial charge in [0.2, 0.25) is 0 Å². The Kier molecular flexibility index (Phi) is 4.52. The number of nitro benzene ring substituents is 1. The summed E-state index contributed by atoms with van der Waals surface area (Å²) < 4.78 is 5.59. The minimum atomic E-state index is -0.405. The molecule has 0 unspecified atom stereocenters. The van der Waals surface area contributed by atoms with Crippen molar-refractivity contribution >= 4 is 5.69 Å². The number of piperidine rings is 1. The maximum Gasteiger partial charge on any atom is 0.269 e. The Labute approximate surface area is 106 Å². The number of ether oxygens (including phenoxy) is 1. The van der Waals surface area contributed by atoms with Crippen molar-refractivity contribution in [1.82, 2.24) is 5.32 Å². The first-order valence-corrected chi connectivity index (χ1v) is 6.33. The van der Waals surface area contributed by atoms with Gasteiger partial charge in [-0.3, -0.25) is 10.1 Å². The van der Waals surface area contributed by atoms with Crippen LogP contribution in [-0.4, -0.2) is 24.6 Å². The number of rotatable bonds is 5. The number of hydrogen-bond acceptors (Lipinski definition) is 4. The second-order valence-electron chi connectivity index (χ2n) is 4.60. The van der Waals surface area contributed by atoms with Crippen molar-refractivity contribution in [1.29, 1.82) is 0 Å². The number of nitrogens with zero attached hydrogens (tertiary/aromatic N) is 1. The molecule has 1 heterocycles. The second kappa shape index (κ2) is 6.35. The van der Waals surface area contributed by atoms with Gasteiger partial charge >= 0.3 is 0 Å². The summed E-state index contributed by atoms with van der Waals surface area (Å²) in [4.78, 5) is 10.1. The first-order valence-electron chi connectivity index (χ1n) is 6.33. The third kappa shape index (κ3) is 3.70. The van der Waals surface area contributed by atoms with Gasteiger partial charge in [0.1, 0.15) is 5.75 Å². The summed E-state index contributed by atoms with van der Waals surface area (Å²) in [6.07, 6.45) is 3.53. The van der Waals surface area contributed by atoms with Gasteiger partial charge in [0.25, 0.3) is 5.69 Å². The molecule has 5 heteroatoms. The molecule has 0 radical (unpaired) electrons. The van der Waals surface area contributed by atoms with Crippen LogP contribution >= 0.6 is 0 Å². The van der Waals surface area contributed by atoms with E-state index >= 15 is 0 Å². The van der Waals surface area contributed by atoms with Crippen LogP contribution in [0.5, 0.6) is 5.75 Å². The molecule has 1 saturated heterocycles. The SMILES string of the molecule is O=[N+]([O-])c1ccc(OCC[C@H]2CCCNC2)cc1. The minimum Gasteiger partial charge on any atom is -0.494 e. The third-order valence-electron chi connectivity index (χ3n) is 3.24. The monoisotopic (exact) mass is 250 g/mol. The normalized spacial score (nSPS) is 19.4. The number of non-ortho nitro benzene ring substituents is 1. The molecule has 0 spiro atoms. The molecule has 1 aromatic carbocycles. The molecule has 0 amide bonds. The molecule has 0 bridgehead atoms. The fourth-order valence-corrected chi connectivity index (χ4v) is 2.18. The Balaban J connectivity index is 1.74. The predicted molar refractivity (Wildman–Crippen MR) is 68.8 cm³/mol. The Hall–Kier alpha value is -1.62. The van der Waals surface area contributed by atoms with Gasteiger partial charge in [-0.1, -0.05) is 0 Å². The molecule has 1 N–H and O–H groups in total. The molecular formula is C13H18N2O3. The highest BCUT2D eigenvalue weighted by Gasteiger charge is 2.12.